The minimum atomic E-state index is 0. The van der Waals surface area contributed by atoms with Crippen LogP contribution in [0.5, 0.6) is 0 Å². The predicted octanol–water partition coefficient (Wildman–Crippen LogP) is 2.61. The van der Waals surface area contributed by atoms with Gasteiger partial charge < -0.3 is 15.4 Å². The summed E-state index contributed by atoms with van der Waals surface area (Å²) >= 11 is 0. The van der Waals surface area contributed by atoms with Crippen molar-refractivity contribution in [1.29, 1.82) is 0 Å². The van der Waals surface area contributed by atoms with Gasteiger partial charge in [-0.15, -0.1) is 24.0 Å². The minimum Gasteiger partial charge on any atom is -0.382 e. The van der Waals surface area contributed by atoms with Gasteiger partial charge in [0.15, 0.2) is 5.96 Å². The van der Waals surface area contributed by atoms with Crippen molar-refractivity contribution in [1.82, 2.24) is 4.90 Å². The maximum Gasteiger partial charge on any atom is 0.191 e. The van der Waals surface area contributed by atoms with E-state index in [1.165, 1.54) is 25.7 Å². The second-order valence-corrected chi connectivity index (χ2v) is 4.55. The van der Waals surface area contributed by atoms with Gasteiger partial charge in [-0.2, -0.15) is 0 Å². The Bertz CT molecular complexity index is 216. The van der Waals surface area contributed by atoms with E-state index in [2.05, 4.69) is 9.89 Å². The number of halogens is 1. The summed E-state index contributed by atoms with van der Waals surface area (Å²) in [6, 6.07) is 0. The first kappa shape index (κ1) is 18.0. The number of nitrogens with two attached hydrogens (primary N) is 1. The number of rotatable bonds is 6. The lowest BCUT2D eigenvalue weighted by atomic mass is 10.2. The van der Waals surface area contributed by atoms with E-state index in [9.17, 15) is 0 Å². The molecule has 1 aliphatic heterocycles. The molecule has 4 nitrogen and oxygen atoms in total. The van der Waals surface area contributed by atoms with Gasteiger partial charge in [0.25, 0.3) is 0 Å². The first-order valence-electron chi connectivity index (χ1n) is 6.97. The molecule has 0 saturated carbocycles. The Kier molecular flexibility index (Phi) is 12.0. The molecule has 0 amide bonds. The van der Waals surface area contributed by atoms with Crippen LogP contribution in [0, 0.1) is 0 Å². The highest BCUT2D eigenvalue weighted by Crippen LogP contribution is 2.09. The molecule has 1 heterocycles. The van der Waals surface area contributed by atoms with Gasteiger partial charge in [-0.3, -0.25) is 4.99 Å². The third kappa shape index (κ3) is 8.13. The quantitative estimate of drug-likeness (QED) is 0.339. The van der Waals surface area contributed by atoms with Crippen molar-refractivity contribution >= 4 is 29.9 Å². The Hall–Kier alpha value is -0.0400. The maximum absolute atomic E-state index is 6.00. The molecule has 0 aliphatic carbocycles. The van der Waals surface area contributed by atoms with E-state index in [4.69, 9.17) is 10.5 Å². The van der Waals surface area contributed by atoms with Crippen LogP contribution in [0.25, 0.3) is 0 Å². The smallest absolute Gasteiger partial charge is 0.191 e. The summed E-state index contributed by atoms with van der Waals surface area (Å²) in [4.78, 5) is 6.68. The molecule has 0 atom stereocenters. The van der Waals surface area contributed by atoms with Gasteiger partial charge in [0.1, 0.15) is 0 Å². The molecule has 5 heteroatoms. The summed E-state index contributed by atoms with van der Waals surface area (Å²) in [5, 5.41) is 0. The van der Waals surface area contributed by atoms with Crippen molar-refractivity contribution in [2.75, 3.05) is 32.8 Å². The first-order chi connectivity index (χ1) is 8.34. The van der Waals surface area contributed by atoms with Crippen LogP contribution in [0.3, 0.4) is 0 Å². The molecule has 0 aromatic heterocycles. The van der Waals surface area contributed by atoms with Gasteiger partial charge in [0, 0.05) is 32.8 Å². The van der Waals surface area contributed by atoms with E-state index >= 15 is 0 Å². The fourth-order valence-corrected chi connectivity index (χ4v) is 2.05. The standard InChI is InChI=1S/C13H27N3O.HI/c1-2-17-12-8-5-9-15-13(14)16-10-6-3-4-7-11-16;/h2-12H2,1H3,(H2,14,15);1H. The van der Waals surface area contributed by atoms with E-state index in [1.54, 1.807) is 0 Å². The van der Waals surface area contributed by atoms with Crippen LogP contribution < -0.4 is 5.73 Å². The first-order valence-corrected chi connectivity index (χ1v) is 6.97. The van der Waals surface area contributed by atoms with E-state index in [1.807, 2.05) is 6.92 Å². The topological polar surface area (TPSA) is 50.9 Å². The zero-order valence-corrected chi connectivity index (χ0v) is 13.9. The molecule has 0 unspecified atom stereocenters. The fraction of sp³-hybridized carbons (Fsp3) is 0.923. The van der Waals surface area contributed by atoms with Crippen LogP contribution in [-0.2, 0) is 4.74 Å². The predicted molar refractivity (Wildman–Crippen MR) is 87.7 cm³/mol. The van der Waals surface area contributed by atoms with Crippen molar-refractivity contribution in [3.05, 3.63) is 0 Å². The molecule has 18 heavy (non-hydrogen) atoms. The van der Waals surface area contributed by atoms with Crippen molar-refractivity contribution in [3.8, 4) is 0 Å². The van der Waals surface area contributed by atoms with Crippen LogP contribution in [0.2, 0.25) is 0 Å². The molecule has 2 N–H and O–H groups in total. The Morgan fingerprint density at radius 3 is 2.44 bits per heavy atom. The number of aliphatic imine (C=N–C) groups is 1. The molecular formula is C13H28IN3O. The molecule has 108 valence electrons. The van der Waals surface area contributed by atoms with Gasteiger partial charge in [0.05, 0.1) is 0 Å². The van der Waals surface area contributed by atoms with Gasteiger partial charge >= 0.3 is 0 Å². The Labute approximate surface area is 128 Å². The monoisotopic (exact) mass is 369 g/mol. The van der Waals surface area contributed by atoms with Crippen molar-refractivity contribution in [2.45, 2.75) is 45.4 Å². The third-order valence-electron chi connectivity index (χ3n) is 3.10. The highest BCUT2D eigenvalue weighted by Gasteiger charge is 2.10. The highest BCUT2D eigenvalue weighted by atomic mass is 127. The Morgan fingerprint density at radius 2 is 1.83 bits per heavy atom. The zero-order chi connectivity index (χ0) is 12.3. The highest BCUT2D eigenvalue weighted by molar-refractivity contribution is 14.0. The summed E-state index contributed by atoms with van der Waals surface area (Å²) in [7, 11) is 0. The second-order valence-electron chi connectivity index (χ2n) is 4.55. The molecule has 1 aliphatic rings. The van der Waals surface area contributed by atoms with Crippen LogP contribution >= 0.6 is 24.0 Å². The van der Waals surface area contributed by atoms with E-state index in [0.29, 0.717) is 0 Å². The lowest BCUT2D eigenvalue weighted by Gasteiger charge is -2.21. The van der Waals surface area contributed by atoms with Crippen LogP contribution in [0.1, 0.15) is 45.4 Å². The average Bonchev–Trinajstić information content (AvgIpc) is 2.62. The minimum absolute atomic E-state index is 0. The lowest BCUT2D eigenvalue weighted by molar-refractivity contribution is 0.144. The lowest BCUT2D eigenvalue weighted by Crippen LogP contribution is -2.38. The molecule has 1 fully saturated rings. The molecule has 0 bridgehead atoms. The zero-order valence-electron chi connectivity index (χ0n) is 11.6. The van der Waals surface area contributed by atoms with E-state index in [0.717, 1.165) is 51.6 Å². The van der Waals surface area contributed by atoms with E-state index in [-0.39, 0.29) is 24.0 Å². The van der Waals surface area contributed by atoms with Crippen LogP contribution in [0.15, 0.2) is 4.99 Å². The van der Waals surface area contributed by atoms with Gasteiger partial charge in [-0.1, -0.05) is 12.8 Å². The molecule has 0 radical (unpaired) electrons. The van der Waals surface area contributed by atoms with Gasteiger partial charge in [-0.25, -0.2) is 0 Å². The average molecular weight is 369 g/mol. The fourth-order valence-electron chi connectivity index (χ4n) is 2.05. The molecule has 0 aromatic carbocycles. The second kappa shape index (κ2) is 12.0. The van der Waals surface area contributed by atoms with Crippen LogP contribution in [-0.4, -0.2) is 43.7 Å². The van der Waals surface area contributed by atoms with Crippen molar-refractivity contribution < 1.29 is 4.74 Å². The normalized spacial score (nSPS) is 17.2. The summed E-state index contributed by atoms with van der Waals surface area (Å²) in [6.07, 6.45) is 7.30. The van der Waals surface area contributed by atoms with E-state index < -0.39 is 0 Å². The molecule has 0 spiro atoms. The SMILES string of the molecule is CCOCCCCN=C(N)N1CCCCCC1.I. The Morgan fingerprint density at radius 1 is 1.17 bits per heavy atom. The van der Waals surface area contributed by atoms with Crippen molar-refractivity contribution in [2.24, 2.45) is 10.7 Å². The molecular weight excluding hydrogens is 341 g/mol. The summed E-state index contributed by atoms with van der Waals surface area (Å²) in [5.74, 6) is 0.739. The number of hydrogen-bond acceptors (Lipinski definition) is 2. The molecule has 1 saturated heterocycles. The number of ether oxygens (including phenoxy) is 1. The largest absolute Gasteiger partial charge is 0.382 e. The third-order valence-corrected chi connectivity index (χ3v) is 3.10. The Balaban J connectivity index is 0.00000289. The molecule has 0 aromatic rings. The summed E-state index contributed by atoms with van der Waals surface area (Å²) < 4.78 is 5.28. The number of hydrogen-bond donors (Lipinski definition) is 1. The van der Waals surface area contributed by atoms with Gasteiger partial charge in [-0.05, 0) is 32.6 Å². The van der Waals surface area contributed by atoms with Crippen LogP contribution in [0.4, 0.5) is 0 Å². The summed E-state index contributed by atoms with van der Waals surface area (Å²) in [6.45, 7) is 6.66. The number of guanidine groups is 1. The van der Waals surface area contributed by atoms with Crippen molar-refractivity contribution in [3.63, 3.8) is 0 Å². The summed E-state index contributed by atoms with van der Waals surface area (Å²) in [5.41, 5.74) is 6.00. The molecule has 1 rings (SSSR count). The number of likely N-dealkylation sites (tertiary alicyclic amines) is 1. The number of nitrogens with zero attached hydrogens (tertiary/aromatic N) is 2. The maximum atomic E-state index is 6.00. The number of unbranched alkanes of at least 4 members (excludes halogenated alkanes) is 1. The van der Waals surface area contributed by atoms with Gasteiger partial charge in [0.2, 0.25) is 0 Å².